The van der Waals surface area contributed by atoms with E-state index in [-0.39, 0.29) is 6.54 Å². The molecule has 3 aromatic carbocycles. The maximum atomic E-state index is 14.0. The molecule has 0 saturated carbocycles. The minimum absolute atomic E-state index is 0.340. The molecule has 3 unspecified atom stereocenters. The van der Waals surface area contributed by atoms with E-state index in [1.54, 1.807) is 36.4 Å². The zero-order valence-electron chi connectivity index (χ0n) is 22.2. The second-order valence-electron chi connectivity index (χ2n) is 10.2. The normalized spacial score (nSPS) is 19.7. The second kappa shape index (κ2) is 11.1. The van der Waals surface area contributed by atoms with Crippen LogP contribution in [0.3, 0.4) is 0 Å². The Balaban J connectivity index is 1.43. The van der Waals surface area contributed by atoms with Gasteiger partial charge in [0.1, 0.15) is 11.8 Å². The van der Waals surface area contributed by atoms with Gasteiger partial charge in [-0.1, -0.05) is 81.0 Å². The number of hydrogen-bond acceptors (Lipinski definition) is 6. The molecule has 3 heterocycles. The number of thioether (sulfide) groups is 1. The van der Waals surface area contributed by atoms with E-state index in [2.05, 4.69) is 21.2 Å². The van der Waals surface area contributed by atoms with E-state index in [0.717, 1.165) is 40.8 Å². The molecule has 4 aromatic rings. The summed E-state index contributed by atoms with van der Waals surface area (Å²) in [5, 5.41) is 1.98. The van der Waals surface area contributed by atoms with Gasteiger partial charge in [-0.05, 0) is 48.9 Å². The molecule has 0 bridgehead atoms. The number of imide groups is 1. The lowest BCUT2D eigenvalue weighted by Gasteiger charge is -2.30. The number of thiazole rings is 1. The van der Waals surface area contributed by atoms with Gasteiger partial charge in [0, 0.05) is 21.0 Å². The number of amides is 3. The van der Waals surface area contributed by atoms with Crippen LogP contribution in [-0.2, 0) is 27.1 Å². The van der Waals surface area contributed by atoms with Gasteiger partial charge in [-0.15, -0.1) is 0 Å². The van der Waals surface area contributed by atoms with Gasteiger partial charge in [-0.25, -0.2) is 4.90 Å². The number of alkyl halides is 3. The SMILES string of the molecule is Cc1ccc(NC(=O)Cn2c3c(sc2=O)C(c2cccc(Br)c2)C2C(=O)N(c4ccccc4C(F)(F)F)C(=O)C2S3)cc1. The Morgan fingerprint density at radius 2 is 1.70 bits per heavy atom. The van der Waals surface area contributed by atoms with Crippen molar-refractivity contribution in [3.8, 4) is 0 Å². The molecule has 1 N–H and O–H groups in total. The van der Waals surface area contributed by atoms with Crippen molar-refractivity contribution in [1.82, 2.24) is 4.57 Å². The first-order valence-corrected chi connectivity index (χ1v) is 15.5. The quantitative estimate of drug-likeness (QED) is 0.244. The Labute approximate surface area is 259 Å². The van der Waals surface area contributed by atoms with Crippen LogP contribution >= 0.6 is 39.0 Å². The average molecular weight is 689 g/mol. The fourth-order valence-corrected chi connectivity index (χ4v) is 8.63. The highest BCUT2D eigenvalue weighted by atomic mass is 79.9. The Morgan fingerprint density at radius 1 is 0.977 bits per heavy atom. The molecule has 3 atom stereocenters. The number of nitrogens with zero attached hydrogens (tertiary/aromatic N) is 2. The lowest BCUT2D eigenvalue weighted by atomic mass is 9.83. The third kappa shape index (κ3) is 5.34. The first-order chi connectivity index (χ1) is 20.4. The smallest absolute Gasteiger partial charge is 0.325 e. The highest BCUT2D eigenvalue weighted by Gasteiger charge is 2.57. The van der Waals surface area contributed by atoms with Gasteiger partial charge in [0.25, 0.3) is 0 Å². The summed E-state index contributed by atoms with van der Waals surface area (Å²) in [6.45, 7) is 1.56. The number of rotatable bonds is 5. The van der Waals surface area contributed by atoms with E-state index < -0.39 is 57.1 Å². The Kier molecular flexibility index (Phi) is 7.59. The number of aryl methyl sites for hydroxylation is 1. The van der Waals surface area contributed by atoms with Crippen LogP contribution in [0.4, 0.5) is 24.5 Å². The van der Waals surface area contributed by atoms with Gasteiger partial charge in [-0.2, -0.15) is 13.2 Å². The first kappa shape index (κ1) is 29.4. The number of hydrogen-bond donors (Lipinski definition) is 1. The molecule has 7 nitrogen and oxygen atoms in total. The number of halogens is 4. The van der Waals surface area contributed by atoms with Crippen molar-refractivity contribution in [2.45, 2.75) is 35.8 Å². The number of carbonyl (C=O) groups is 3. The van der Waals surface area contributed by atoms with Crippen LogP contribution in [0.5, 0.6) is 0 Å². The molecule has 0 aliphatic carbocycles. The predicted molar refractivity (Wildman–Crippen MR) is 161 cm³/mol. The second-order valence-corrected chi connectivity index (χ2v) is 13.2. The third-order valence-corrected chi connectivity index (χ3v) is 10.4. The minimum Gasteiger partial charge on any atom is -0.325 e. The predicted octanol–water partition coefficient (Wildman–Crippen LogP) is 6.43. The number of nitrogens with one attached hydrogen (secondary N) is 1. The van der Waals surface area contributed by atoms with E-state index in [4.69, 9.17) is 0 Å². The molecule has 43 heavy (non-hydrogen) atoms. The fourth-order valence-electron chi connectivity index (χ4n) is 5.44. The molecule has 1 fully saturated rings. The monoisotopic (exact) mass is 687 g/mol. The van der Waals surface area contributed by atoms with Crippen molar-refractivity contribution in [2.75, 3.05) is 10.2 Å². The van der Waals surface area contributed by atoms with E-state index in [1.165, 1.54) is 16.7 Å². The summed E-state index contributed by atoms with van der Waals surface area (Å²) < 4.78 is 43.8. The molecule has 3 amide bonds. The lowest BCUT2D eigenvalue weighted by Crippen LogP contribution is -2.33. The van der Waals surface area contributed by atoms with Crippen molar-refractivity contribution in [2.24, 2.45) is 5.92 Å². The lowest BCUT2D eigenvalue weighted by molar-refractivity contribution is -0.137. The minimum atomic E-state index is -4.80. The first-order valence-electron chi connectivity index (χ1n) is 13.0. The molecule has 2 aliphatic heterocycles. The average Bonchev–Trinajstić information content (AvgIpc) is 3.39. The maximum Gasteiger partial charge on any atom is 0.418 e. The van der Waals surface area contributed by atoms with Gasteiger partial charge in [0.15, 0.2) is 0 Å². The van der Waals surface area contributed by atoms with Crippen molar-refractivity contribution < 1.29 is 27.6 Å². The maximum absolute atomic E-state index is 14.0. The molecule has 1 aromatic heterocycles. The number of aromatic nitrogens is 1. The van der Waals surface area contributed by atoms with Crippen LogP contribution in [0.1, 0.15) is 27.5 Å². The van der Waals surface area contributed by atoms with Gasteiger partial charge < -0.3 is 5.32 Å². The number of benzene rings is 3. The van der Waals surface area contributed by atoms with Gasteiger partial charge in [0.05, 0.1) is 22.2 Å². The summed E-state index contributed by atoms with van der Waals surface area (Å²) in [4.78, 5) is 54.7. The largest absolute Gasteiger partial charge is 0.418 e. The number of carbonyl (C=O) groups excluding carboxylic acids is 3. The third-order valence-electron chi connectivity index (χ3n) is 7.34. The van der Waals surface area contributed by atoms with Crippen molar-refractivity contribution >= 4 is 68.1 Å². The standard InChI is InChI=1S/C30H21BrF3N3O4S2/c1-15-9-11-18(12-10-15)35-21(38)14-36-28-25(43-29(36)41)22(16-5-4-6-17(31)13-16)23-24(42-28)27(40)37(26(23)39)20-8-3-2-7-19(20)30(32,33)34/h2-13,22-24H,14H2,1H3,(H,35,38). The summed E-state index contributed by atoms with van der Waals surface area (Å²) >= 11 is 5.23. The molecular weight excluding hydrogens is 667 g/mol. The molecule has 2 aliphatic rings. The topological polar surface area (TPSA) is 88.5 Å². The van der Waals surface area contributed by atoms with Crippen LogP contribution < -0.4 is 15.1 Å². The highest BCUT2D eigenvalue weighted by Crippen LogP contribution is 2.54. The molecule has 1 saturated heterocycles. The Hall–Kier alpha value is -3.68. The fraction of sp³-hybridized carbons (Fsp3) is 0.200. The van der Waals surface area contributed by atoms with Crippen LogP contribution in [-0.4, -0.2) is 27.5 Å². The van der Waals surface area contributed by atoms with Crippen LogP contribution in [0.2, 0.25) is 0 Å². The zero-order chi connectivity index (χ0) is 30.6. The summed E-state index contributed by atoms with van der Waals surface area (Å²) in [6, 6.07) is 18.6. The summed E-state index contributed by atoms with van der Waals surface area (Å²) in [7, 11) is 0. The van der Waals surface area contributed by atoms with Crippen molar-refractivity contribution in [3.05, 3.63) is 109 Å². The number of para-hydroxylation sites is 1. The van der Waals surface area contributed by atoms with Crippen molar-refractivity contribution in [3.63, 3.8) is 0 Å². The van der Waals surface area contributed by atoms with Gasteiger partial charge in [0.2, 0.25) is 17.7 Å². The van der Waals surface area contributed by atoms with Crippen LogP contribution in [0.15, 0.2) is 87.1 Å². The van der Waals surface area contributed by atoms with Crippen molar-refractivity contribution in [1.29, 1.82) is 0 Å². The van der Waals surface area contributed by atoms with Gasteiger partial charge >= 0.3 is 11.0 Å². The van der Waals surface area contributed by atoms with Crippen LogP contribution in [0, 0.1) is 12.8 Å². The molecule has 220 valence electrons. The number of fused-ring (bicyclic) bond motifs is 2. The zero-order valence-corrected chi connectivity index (χ0v) is 25.4. The van der Waals surface area contributed by atoms with Gasteiger partial charge in [-0.3, -0.25) is 23.7 Å². The Morgan fingerprint density at radius 3 is 2.40 bits per heavy atom. The summed E-state index contributed by atoms with van der Waals surface area (Å²) in [5.41, 5.74) is 0.525. The summed E-state index contributed by atoms with van der Waals surface area (Å²) in [6.07, 6.45) is -4.80. The van der Waals surface area contributed by atoms with E-state index in [1.807, 2.05) is 19.1 Å². The molecule has 0 spiro atoms. The molecular formula is C30H21BrF3N3O4S2. The molecule has 6 rings (SSSR count). The summed E-state index contributed by atoms with van der Waals surface area (Å²) in [5.74, 6) is -3.94. The van der Waals surface area contributed by atoms with Crippen LogP contribution in [0.25, 0.3) is 0 Å². The highest BCUT2D eigenvalue weighted by molar-refractivity contribution is 9.10. The van der Waals surface area contributed by atoms with E-state index >= 15 is 0 Å². The Bertz CT molecular complexity index is 1840. The number of anilines is 2. The molecule has 0 radical (unpaired) electrons. The van der Waals surface area contributed by atoms with E-state index in [0.29, 0.717) is 30.5 Å². The van der Waals surface area contributed by atoms with E-state index in [9.17, 15) is 32.3 Å². The molecule has 13 heteroatoms.